The molecule has 6 nitrogen and oxygen atoms in total. The van der Waals surface area contributed by atoms with Crippen molar-refractivity contribution < 1.29 is 18.7 Å². The van der Waals surface area contributed by atoms with Crippen LogP contribution >= 0.6 is 0 Å². The maximum atomic E-state index is 13.1. The van der Waals surface area contributed by atoms with Gasteiger partial charge in [0.1, 0.15) is 11.6 Å². The molecule has 1 aromatic heterocycles. The minimum atomic E-state index is -0.359. The number of benzene rings is 3. The second-order valence-corrected chi connectivity index (χ2v) is 8.65. The van der Waals surface area contributed by atoms with Crippen molar-refractivity contribution in [3.63, 3.8) is 0 Å². The molecule has 3 aromatic carbocycles. The Balaban J connectivity index is 1.33. The van der Waals surface area contributed by atoms with Crippen molar-refractivity contribution in [3.8, 4) is 11.5 Å². The van der Waals surface area contributed by atoms with Gasteiger partial charge in [-0.25, -0.2) is 9.37 Å². The number of amides is 1. The quantitative estimate of drug-likeness (QED) is 0.240. The maximum absolute atomic E-state index is 13.1. The lowest BCUT2D eigenvalue weighted by molar-refractivity contribution is 0.0953. The molecular formula is C30H32FN3O3. The van der Waals surface area contributed by atoms with Crippen molar-refractivity contribution in [2.45, 2.75) is 32.7 Å². The van der Waals surface area contributed by atoms with Gasteiger partial charge in [-0.05, 0) is 73.9 Å². The topological polar surface area (TPSA) is 65.4 Å². The molecule has 0 atom stereocenters. The van der Waals surface area contributed by atoms with Gasteiger partial charge in [-0.2, -0.15) is 0 Å². The third-order valence-corrected chi connectivity index (χ3v) is 6.03. The van der Waals surface area contributed by atoms with Crippen molar-refractivity contribution in [2.75, 3.05) is 20.3 Å². The number of allylic oxidation sites excluding steroid dienone is 1. The molecule has 4 aromatic rings. The fourth-order valence-electron chi connectivity index (χ4n) is 4.22. The molecule has 7 heteroatoms. The second kappa shape index (κ2) is 12.7. The average molecular weight is 502 g/mol. The number of aryl methyl sites for hydroxylation is 2. The maximum Gasteiger partial charge on any atom is 0.251 e. The molecule has 0 radical (unpaired) electrons. The summed E-state index contributed by atoms with van der Waals surface area (Å²) in [6.45, 7) is 3.79. The van der Waals surface area contributed by atoms with Crippen LogP contribution in [0.15, 0.2) is 72.8 Å². The Morgan fingerprint density at radius 2 is 1.86 bits per heavy atom. The molecule has 192 valence electrons. The van der Waals surface area contributed by atoms with Crippen molar-refractivity contribution >= 4 is 23.0 Å². The van der Waals surface area contributed by atoms with E-state index < -0.39 is 0 Å². The molecule has 0 saturated heterocycles. The highest BCUT2D eigenvalue weighted by atomic mass is 19.1. The third-order valence-electron chi connectivity index (χ3n) is 6.03. The number of para-hydroxylation sites is 2. The van der Waals surface area contributed by atoms with E-state index in [4.69, 9.17) is 14.5 Å². The van der Waals surface area contributed by atoms with Gasteiger partial charge in [0.25, 0.3) is 5.91 Å². The van der Waals surface area contributed by atoms with Crippen LogP contribution in [0, 0.1) is 5.82 Å². The van der Waals surface area contributed by atoms with Gasteiger partial charge < -0.3 is 19.4 Å². The highest BCUT2D eigenvalue weighted by Crippen LogP contribution is 2.29. The Labute approximate surface area is 216 Å². The molecule has 0 aliphatic rings. The van der Waals surface area contributed by atoms with E-state index in [0.29, 0.717) is 24.5 Å². The van der Waals surface area contributed by atoms with Crippen molar-refractivity contribution in [1.29, 1.82) is 0 Å². The number of carbonyl (C=O) groups excluding carboxylic acids is 1. The minimum Gasteiger partial charge on any atom is -0.493 e. The Bertz CT molecular complexity index is 1360. The number of nitrogens with one attached hydrogen (secondary N) is 1. The van der Waals surface area contributed by atoms with Gasteiger partial charge in [-0.1, -0.05) is 30.4 Å². The fourth-order valence-corrected chi connectivity index (χ4v) is 4.22. The lowest BCUT2D eigenvalue weighted by Gasteiger charge is -2.13. The largest absolute Gasteiger partial charge is 0.493 e. The molecule has 0 aliphatic heterocycles. The summed E-state index contributed by atoms with van der Waals surface area (Å²) in [5.41, 5.74) is 3.55. The first-order valence-corrected chi connectivity index (χ1v) is 12.5. The first kappa shape index (κ1) is 25.9. The average Bonchev–Trinajstić information content (AvgIpc) is 3.27. The lowest BCUT2D eigenvalue weighted by atomic mass is 10.2. The highest BCUT2D eigenvalue weighted by Gasteiger charge is 2.12. The van der Waals surface area contributed by atoms with E-state index in [1.165, 1.54) is 24.3 Å². The molecule has 0 spiro atoms. The van der Waals surface area contributed by atoms with E-state index in [9.17, 15) is 9.18 Å². The zero-order valence-electron chi connectivity index (χ0n) is 21.2. The number of carbonyl (C=O) groups is 1. The standard InChI is InChI=1S/C30H32FN3O3/c1-3-8-22-12-17-27(28(21-22)36-2)37-20-7-19-34-26-10-5-4-9-25(26)33-29(34)11-6-18-32-30(35)23-13-15-24(31)16-14-23/h3-5,8-10,12-17,21H,6-7,11,18-20H2,1-2H3,(H,32,35)/b8-3+. The van der Waals surface area contributed by atoms with Crippen LogP contribution < -0.4 is 14.8 Å². The van der Waals surface area contributed by atoms with Crippen molar-refractivity contribution in [2.24, 2.45) is 0 Å². The van der Waals surface area contributed by atoms with Crippen LogP contribution in [-0.4, -0.2) is 35.7 Å². The number of imidazole rings is 1. The summed E-state index contributed by atoms with van der Waals surface area (Å²) in [6, 6.07) is 19.5. The number of methoxy groups -OCH3 is 1. The lowest BCUT2D eigenvalue weighted by Crippen LogP contribution is -2.25. The molecule has 37 heavy (non-hydrogen) atoms. The third kappa shape index (κ3) is 6.76. The molecule has 0 fully saturated rings. The van der Waals surface area contributed by atoms with Crippen LogP contribution in [0.25, 0.3) is 17.1 Å². The van der Waals surface area contributed by atoms with Gasteiger partial charge in [0, 0.05) is 25.1 Å². The van der Waals surface area contributed by atoms with Crippen LogP contribution in [-0.2, 0) is 13.0 Å². The van der Waals surface area contributed by atoms with E-state index >= 15 is 0 Å². The molecular weight excluding hydrogens is 469 g/mol. The summed E-state index contributed by atoms with van der Waals surface area (Å²) >= 11 is 0. The molecule has 0 saturated carbocycles. The van der Waals surface area contributed by atoms with Crippen LogP contribution in [0.2, 0.25) is 0 Å². The molecule has 0 unspecified atom stereocenters. The summed E-state index contributed by atoms with van der Waals surface area (Å²) in [6.07, 6.45) is 6.27. The van der Waals surface area contributed by atoms with Crippen LogP contribution in [0.3, 0.4) is 0 Å². The van der Waals surface area contributed by atoms with Gasteiger partial charge in [0.2, 0.25) is 0 Å². The Hall–Kier alpha value is -4.13. The number of hydrogen-bond donors (Lipinski definition) is 1. The van der Waals surface area contributed by atoms with Gasteiger partial charge in [-0.15, -0.1) is 0 Å². The molecule has 1 N–H and O–H groups in total. The minimum absolute atomic E-state index is 0.208. The van der Waals surface area contributed by atoms with Gasteiger partial charge in [0.15, 0.2) is 11.5 Å². The molecule has 0 aliphatic carbocycles. The van der Waals surface area contributed by atoms with Crippen LogP contribution in [0.1, 0.15) is 41.5 Å². The Morgan fingerprint density at radius 1 is 1.05 bits per heavy atom. The van der Waals surface area contributed by atoms with E-state index in [2.05, 4.69) is 16.0 Å². The van der Waals surface area contributed by atoms with Crippen LogP contribution in [0.5, 0.6) is 11.5 Å². The number of aromatic nitrogens is 2. The molecule has 1 amide bonds. The number of hydrogen-bond acceptors (Lipinski definition) is 4. The van der Waals surface area contributed by atoms with E-state index in [1.807, 2.05) is 55.5 Å². The highest BCUT2D eigenvalue weighted by molar-refractivity contribution is 5.94. The number of fused-ring (bicyclic) bond motifs is 1. The van der Waals surface area contributed by atoms with Crippen molar-refractivity contribution in [1.82, 2.24) is 14.9 Å². The smallest absolute Gasteiger partial charge is 0.251 e. The summed E-state index contributed by atoms with van der Waals surface area (Å²) in [5, 5.41) is 2.90. The van der Waals surface area contributed by atoms with Gasteiger partial charge >= 0.3 is 0 Å². The summed E-state index contributed by atoms with van der Waals surface area (Å²) in [7, 11) is 1.65. The zero-order chi connectivity index (χ0) is 26.0. The number of ether oxygens (including phenoxy) is 2. The van der Waals surface area contributed by atoms with Crippen LogP contribution in [0.4, 0.5) is 4.39 Å². The molecule has 0 bridgehead atoms. The number of nitrogens with zero attached hydrogens (tertiary/aromatic N) is 2. The first-order chi connectivity index (χ1) is 18.1. The SMILES string of the molecule is C/C=C/c1ccc(OCCCn2c(CCCNC(=O)c3ccc(F)cc3)nc3ccccc32)c(OC)c1. The van der Waals surface area contributed by atoms with E-state index in [-0.39, 0.29) is 11.7 Å². The first-order valence-electron chi connectivity index (χ1n) is 12.5. The summed E-state index contributed by atoms with van der Waals surface area (Å²) in [4.78, 5) is 17.1. The van der Waals surface area contributed by atoms with E-state index in [1.54, 1.807) is 7.11 Å². The second-order valence-electron chi connectivity index (χ2n) is 8.65. The fraction of sp³-hybridized carbons (Fsp3) is 0.267. The predicted molar refractivity (Wildman–Crippen MR) is 145 cm³/mol. The van der Waals surface area contributed by atoms with Gasteiger partial charge in [0.05, 0.1) is 24.8 Å². The normalized spacial score (nSPS) is 11.2. The zero-order valence-corrected chi connectivity index (χ0v) is 21.2. The van der Waals surface area contributed by atoms with Gasteiger partial charge in [-0.3, -0.25) is 4.79 Å². The monoisotopic (exact) mass is 501 g/mol. The predicted octanol–water partition coefficient (Wildman–Crippen LogP) is 6.05. The number of rotatable bonds is 12. The summed E-state index contributed by atoms with van der Waals surface area (Å²) < 4.78 is 26.8. The molecule has 1 heterocycles. The Morgan fingerprint density at radius 3 is 2.65 bits per heavy atom. The van der Waals surface area contributed by atoms with E-state index in [0.717, 1.165) is 54.0 Å². The number of halogens is 1. The Kier molecular flexibility index (Phi) is 8.92. The van der Waals surface area contributed by atoms with Crippen molar-refractivity contribution in [3.05, 3.63) is 95.6 Å². The molecule has 4 rings (SSSR count). The summed E-state index contributed by atoms with van der Waals surface area (Å²) in [5.74, 6) is 1.85.